The maximum atomic E-state index is 11.2. The Morgan fingerprint density at radius 1 is 1.73 bits per heavy atom. The van der Waals surface area contributed by atoms with Crippen molar-refractivity contribution in [3.05, 3.63) is 11.8 Å². The first-order chi connectivity index (χ1) is 5.29. The molecule has 1 aromatic rings. The van der Waals surface area contributed by atoms with E-state index < -0.39 is 0 Å². The van der Waals surface area contributed by atoms with E-state index in [9.17, 15) is 4.79 Å². The summed E-state index contributed by atoms with van der Waals surface area (Å²) >= 11 is 0. The van der Waals surface area contributed by atoms with Gasteiger partial charge in [-0.3, -0.25) is 9.48 Å². The van der Waals surface area contributed by atoms with Gasteiger partial charge in [-0.2, -0.15) is 5.10 Å². The van der Waals surface area contributed by atoms with Gasteiger partial charge in [0, 0.05) is 20.0 Å². The summed E-state index contributed by atoms with van der Waals surface area (Å²) in [7, 11) is 1.82. The number of ketones is 1. The average molecular weight is 151 g/mol. The summed E-state index contributed by atoms with van der Waals surface area (Å²) in [5, 5.41) is 7.10. The van der Waals surface area contributed by atoms with E-state index >= 15 is 0 Å². The third-order valence-corrected chi connectivity index (χ3v) is 1.88. The molecule has 1 aromatic heterocycles. The lowest BCUT2D eigenvalue weighted by Gasteiger charge is -2.12. The Balaban J connectivity index is 2.55. The minimum atomic E-state index is 0.187. The summed E-state index contributed by atoms with van der Waals surface area (Å²) in [6, 6.07) is 0. The van der Waals surface area contributed by atoms with Crippen molar-refractivity contribution >= 4 is 11.6 Å². The van der Waals surface area contributed by atoms with Crippen LogP contribution in [0.15, 0.2) is 6.20 Å². The van der Waals surface area contributed by atoms with Crippen LogP contribution in [0.4, 0.5) is 5.82 Å². The van der Waals surface area contributed by atoms with Gasteiger partial charge < -0.3 is 5.32 Å². The van der Waals surface area contributed by atoms with E-state index in [1.807, 2.05) is 7.05 Å². The Labute approximate surface area is 64.2 Å². The van der Waals surface area contributed by atoms with E-state index in [2.05, 4.69) is 10.4 Å². The quantitative estimate of drug-likeness (QED) is 0.584. The maximum absolute atomic E-state index is 11.2. The molecule has 1 N–H and O–H groups in total. The number of rotatable bonds is 0. The molecule has 0 unspecified atom stereocenters. The smallest absolute Gasteiger partial charge is 0.169 e. The molecule has 0 radical (unpaired) electrons. The summed E-state index contributed by atoms with van der Waals surface area (Å²) in [6.45, 7) is 0.728. The third-order valence-electron chi connectivity index (χ3n) is 1.88. The molecule has 0 atom stereocenters. The van der Waals surface area contributed by atoms with Crippen molar-refractivity contribution < 1.29 is 4.79 Å². The Hall–Kier alpha value is -1.32. The molecule has 11 heavy (non-hydrogen) atoms. The van der Waals surface area contributed by atoms with Crippen LogP contribution in [0, 0.1) is 0 Å². The molecule has 0 fully saturated rings. The zero-order valence-corrected chi connectivity index (χ0v) is 6.29. The lowest BCUT2D eigenvalue weighted by molar-refractivity contribution is 0.0983. The van der Waals surface area contributed by atoms with Gasteiger partial charge in [-0.15, -0.1) is 0 Å². The Morgan fingerprint density at radius 3 is 3.27 bits per heavy atom. The molecule has 1 aliphatic heterocycles. The predicted molar refractivity (Wildman–Crippen MR) is 40.6 cm³/mol. The molecule has 0 aliphatic carbocycles. The van der Waals surface area contributed by atoms with Gasteiger partial charge in [0.05, 0.1) is 11.8 Å². The second-order valence-electron chi connectivity index (χ2n) is 2.63. The molecule has 0 saturated carbocycles. The Kier molecular flexibility index (Phi) is 1.21. The van der Waals surface area contributed by atoms with Crippen molar-refractivity contribution in [3.63, 3.8) is 0 Å². The first-order valence-electron chi connectivity index (χ1n) is 3.58. The topological polar surface area (TPSA) is 46.9 Å². The summed E-state index contributed by atoms with van der Waals surface area (Å²) in [4.78, 5) is 11.2. The van der Waals surface area contributed by atoms with Crippen molar-refractivity contribution in [2.24, 2.45) is 7.05 Å². The molecular formula is C7H9N3O. The first kappa shape index (κ1) is 6.39. The molecule has 0 spiro atoms. The summed E-state index contributed by atoms with van der Waals surface area (Å²) < 4.78 is 1.69. The van der Waals surface area contributed by atoms with E-state index in [-0.39, 0.29) is 5.78 Å². The van der Waals surface area contributed by atoms with Crippen molar-refractivity contribution in [1.29, 1.82) is 0 Å². The van der Waals surface area contributed by atoms with Crippen LogP contribution < -0.4 is 5.32 Å². The Bertz CT molecular complexity index is 303. The molecule has 2 rings (SSSR count). The van der Waals surface area contributed by atoms with E-state index in [4.69, 9.17) is 0 Å². The van der Waals surface area contributed by atoms with Crippen molar-refractivity contribution in [2.45, 2.75) is 6.42 Å². The number of nitrogens with zero attached hydrogens (tertiary/aromatic N) is 2. The van der Waals surface area contributed by atoms with Crippen LogP contribution in [-0.4, -0.2) is 22.1 Å². The van der Waals surface area contributed by atoms with Gasteiger partial charge in [0.1, 0.15) is 5.82 Å². The second-order valence-corrected chi connectivity index (χ2v) is 2.63. The zero-order chi connectivity index (χ0) is 7.84. The van der Waals surface area contributed by atoms with Crippen LogP contribution in [0.3, 0.4) is 0 Å². The molecular weight excluding hydrogens is 142 g/mol. The van der Waals surface area contributed by atoms with Gasteiger partial charge in [-0.25, -0.2) is 0 Å². The zero-order valence-electron chi connectivity index (χ0n) is 6.29. The molecule has 1 aliphatic rings. The number of carbonyl (C=O) groups excluding carboxylic acids is 1. The van der Waals surface area contributed by atoms with Crippen LogP contribution in [0.25, 0.3) is 0 Å². The highest BCUT2D eigenvalue weighted by molar-refractivity contribution is 6.02. The van der Waals surface area contributed by atoms with Gasteiger partial charge in [-0.1, -0.05) is 0 Å². The second kappa shape index (κ2) is 2.08. The minimum absolute atomic E-state index is 0.187. The Morgan fingerprint density at radius 2 is 2.55 bits per heavy atom. The molecule has 4 nitrogen and oxygen atoms in total. The fourth-order valence-corrected chi connectivity index (χ4v) is 1.28. The van der Waals surface area contributed by atoms with E-state index in [0.29, 0.717) is 6.42 Å². The standard InChI is InChI=1S/C7H9N3O/c1-10-7-5(4-9-10)6(11)2-3-8-7/h4,8H,2-3H2,1H3. The lowest BCUT2D eigenvalue weighted by atomic mass is 10.1. The number of nitrogens with one attached hydrogen (secondary N) is 1. The highest BCUT2D eigenvalue weighted by Crippen LogP contribution is 2.19. The summed E-state index contributed by atoms with van der Waals surface area (Å²) in [5.41, 5.74) is 0.721. The summed E-state index contributed by atoms with van der Waals surface area (Å²) in [5.74, 6) is 1.04. The molecule has 4 heteroatoms. The minimum Gasteiger partial charge on any atom is -0.369 e. The predicted octanol–water partition coefficient (Wildman–Crippen LogP) is 0.418. The number of Topliss-reactive ketones (excluding diaryl/α,β-unsaturated/α-hetero) is 1. The molecule has 2 heterocycles. The highest BCUT2D eigenvalue weighted by atomic mass is 16.1. The van der Waals surface area contributed by atoms with Gasteiger partial charge in [0.2, 0.25) is 0 Å². The SMILES string of the molecule is Cn1ncc2c1NCCC2=O. The fraction of sp³-hybridized carbons (Fsp3) is 0.429. The molecule has 0 saturated heterocycles. The number of aromatic nitrogens is 2. The first-order valence-corrected chi connectivity index (χ1v) is 3.58. The number of hydrogen-bond acceptors (Lipinski definition) is 3. The van der Waals surface area contributed by atoms with Crippen LogP contribution >= 0.6 is 0 Å². The molecule has 0 amide bonds. The molecule has 0 aromatic carbocycles. The van der Waals surface area contributed by atoms with E-state index in [0.717, 1.165) is 17.9 Å². The largest absolute Gasteiger partial charge is 0.369 e. The van der Waals surface area contributed by atoms with Crippen LogP contribution in [0.5, 0.6) is 0 Å². The number of anilines is 1. The normalized spacial score (nSPS) is 15.9. The summed E-state index contributed by atoms with van der Waals surface area (Å²) in [6.07, 6.45) is 2.20. The monoisotopic (exact) mass is 151 g/mol. The van der Waals surface area contributed by atoms with Crippen LogP contribution in [0.2, 0.25) is 0 Å². The number of carbonyl (C=O) groups is 1. The average Bonchev–Trinajstić information content (AvgIpc) is 2.35. The lowest BCUT2D eigenvalue weighted by Crippen LogP contribution is -2.18. The van der Waals surface area contributed by atoms with E-state index in [1.165, 1.54) is 0 Å². The van der Waals surface area contributed by atoms with Crippen molar-refractivity contribution in [1.82, 2.24) is 9.78 Å². The molecule has 58 valence electrons. The molecule has 0 bridgehead atoms. The van der Waals surface area contributed by atoms with Gasteiger partial charge in [-0.05, 0) is 0 Å². The third kappa shape index (κ3) is 0.824. The van der Waals surface area contributed by atoms with Crippen LogP contribution in [-0.2, 0) is 7.05 Å². The fourth-order valence-electron chi connectivity index (χ4n) is 1.28. The number of hydrogen-bond donors (Lipinski definition) is 1. The highest BCUT2D eigenvalue weighted by Gasteiger charge is 2.19. The van der Waals surface area contributed by atoms with Crippen molar-refractivity contribution in [3.8, 4) is 0 Å². The van der Waals surface area contributed by atoms with Crippen molar-refractivity contribution in [2.75, 3.05) is 11.9 Å². The number of aryl methyl sites for hydroxylation is 1. The number of fused-ring (bicyclic) bond motifs is 1. The van der Waals surface area contributed by atoms with Crippen LogP contribution in [0.1, 0.15) is 16.8 Å². The van der Waals surface area contributed by atoms with Gasteiger partial charge in [0.15, 0.2) is 5.78 Å². The van der Waals surface area contributed by atoms with Gasteiger partial charge in [0.25, 0.3) is 0 Å². The van der Waals surface area contributed by atoms with Gasteiger partial charge >= 0.3 is 0 Å². The van der Waals surface area contributed by atoms with E-state index in [1.54, 1.807) is 10.9 Å². The maximum Gasteiger partial charge on any atom is 0.169 e.